The van der Waals surface area contributed by atoms with E-state index in [0.29, 0.717) is 25.1 Å². The lowest BCUT2D eigenvalue weighted by Gasteiger charge is -2.25. The average molecular weight is 422 g/mol. The monoisotopic (exact) mass is 421 g/mol. The molecule has 3 heterocycles. The maximum Gasteiger partial charge on any atom is 0.332 e. The van der Waals surface area contributed by atoms with Gasteiger partial charge in [0.05, 0.1) is 5.69 Å². The molecule has 3 aromatic carbocycles. The number of aromatic nitrogens is 3. The molecule has 5 heteroatoms. The van der Waals surface area contributed by atoms with Crippen molar-refractivity contribution < 1.29 is 5.11 Å². The summed E-state index contributed by atoms with van der Waals surface area (Å²) in [5.41, 5.74) is 5.87. The first-order chi connectivity index (χ1) is 15.7. The van der Waals surface area contributed by atoms with Crippen molar-refractivity contribution in [3.05, 3.63) is 123 Å². The van der Waals surface area contributed by atoms with Gasteiger partial charge in [0.1, 0.15) is 6.04 Å². The van der Waals surface area contributed by atoms with Crippen LogP contribution in [0.4, 0.5) is 0 Å². The van der Waals surface area contributed by atoms with Crippen molar-refractivity contribution in [3.8, 4) is 5.88 Å². The summed E-state index contributed by atoms with van der Waals surface area (Å²) in [7, 11) is 0. The summed E-state index contributed by atoms with van der Waals surface area (Å²) in [5, 5.41) is 12.3. The average Bonchev–Trinajstić information content (AvgIpc) is 3.32. The Labute approximate surface area is 185 Å². The molecule has 0 amide bonds. The maximum absolute atomic E-state index is 13.6. The first kappa shape index (κ1) is 18.8. The molecule has 2 aromatic heterocycles. The van der Waals surface area contributed by atoms with E-state index in [2.05, 4.69) is 17.1 Å². The van der Waals surface area contributed by atoms with Crippen LogP contribution in [-0.4, -0.2) is 19.2 Å². The van der Waals surface area contributed by atoms with Crippen molar-refractivity contribution >= 4 is 10.9 Å². The van der Waals surface area contributed by atoms with Crippen LogP contribution in [0.2, 0.25) is 0 Å². The highest BCUT2D eigenvalue weighted by atomic mass is 16.3. The number of nitrogens with one attached hydrogen (secondary N) is 1. The number of fused-ring (bicyclic) bond motifs is 4. The first-order valence-electron chi connectivity index (χ1n) is 10.9. The fraction of sp³-hybridized carbons (Fsp3) is 0.148. The van der Waals surface area contributed by atoms with Crippen molar-refractivity contribution in [3.63, 3.8) is 0 Å². The number of H-pyrrole nitrogens is 1. The molecule has 1 aliphatic heterocycles. The van der Waals surface area contributed by atoms with Crippen LogP contribution in [0.15, 0.2) is 89.7 Å². The summed E-state index contributed by atoms with van der Waals surface area (Å²) in [4.78, 5) is 17.2. The predicted octanol–water partition coefficient (Wildman–Crippen LogP) is 4.62. The summed E-state index contributed by atoms with van der Waals surface area (Å²) in [5.74, 6) is 0.0720. The molecule has 1 atom stereocenters. The molecule has 2 N–H and O–H groups in total. The SMILES string of the molecule is O=c1n(CCc2ccccc2)c(O)c2n1[C@@H](c1ccccc1)c1[nH]c3ccccc3c1C2. The van der Waals surface area contributed by atoms with Gasteiger partial charge in [0.15, 0.2) is 0 Å². The van der Waals surface area contributed by atoms with Crippen molar-refractivity contribution in [1.29, 1.82) is 0 Å². The molecule has 32 heavy (non-hydrogen) atoms. The minimum absolute atomic E-state index is 0.0720. The highest BCUT2D eigenvalue weighted by Crippen LogP contribution is 2.40. The summed E-state index contributed by atoms with van der Waals surface area (Å²) >= 11 is 0. The van der Waals surface area contributed by atoms with Crippen molar-refractivity contribution in [2.75, 3.05) is 0 Å². The topological polar surface area (TPSA) is 63.0 Å². The van der Waals surface area contributed by atoms with Gasteiger partial charge in [0.2, 0.25) is 5.88 Å². The van der Waals surface area contributed by atoms with Gasteiger partial charge in [-0.1, -0.05) is 78.9 Å². The Morgan fingerprint density at radius 1 is 0.906 bits per heavy atom. The molecule has 0 spiro atoms. The third-order valence-electron chi connectivity index (χ3n) is 6.55. The molecule has 0 saturated carbocycles. The zero-order valence-corrected chi connectivity index (χ0v) is 17.5. The fourth-order valence-electron chi connectivity index (χ4n) is 5.01. The smallest absolute Gasteiger partial charge is 0.332 e. The van der Waals surface area contributed by atoms with Crippen molar-refractivity contribution in [1.82, 2.24) is 14.1 Å². The number of para-hydroxylation sites is 1. The van der Waals surface area contributed by atoms with Crippen LogP contribution in [0.1, 0.15) is 34.1 Å². The highest BCUT2D eigenvalue weighted by molar-refractivity contribution is 5.86. The Balaban J connectivity index is 1.52. The molecule has 158 valence electrons. The zero-order chi connectivity index (χ0) is 21.7. The van der Waals surface area contributed by atoms with Crippen molar-refractivity contribution in [2.24, 2.45) is 0 Å². The van der Waals surface area contributed by atoms with Gasteiger partial charge in [0, 0.05) is 29.6 Å². The number of aromatic amines is 1. The standard InChI is InChI=1S/C27H23N3O2/c31-26-23-17-21-20-13-7-8-14-22(20)28-24(21)25(19-11-5-2-6-12-19)30(23)27(32)29(26)16-15-18-9-3-1-4-10-18/h1-14,25,28,31H,15-17H2/t25-/m0/s1. The van der Waals surface area contributed by atoms with Gasteiger partial charge in [-0.05, 0) is 29.2 Å². The molecule has 0 saturated heterocycles. The first-order valence-corrected chi connectivity index (χ1v) is 10.9. The van der Waals surface area contributed by atoms with E-state index in [1.165, 1.54) is 4.57 Å². The van der Waals surface area contributed by atoms with Crippen LogP contribution in [0, 0.1) is 0 Å². The van der Waals surface area contributed by atoms with E-state index >= 15 is 0 Å². The summed E-state index contributed by atoms with van der Waals surface area (Å²) in [6, 6.07) is 28.0. The Morgan fingerprint density at radius 3 is 2.38 bits per heavy atom. The van der Waals surface area contributed by atoms with E-state index in [9.17, 15) is 9.90 Å². The second-order valence-electron chi connectivity index (χ2n) is 8.36. The minimum atomic E-state index is -0.307. The van der Waals surface area contributed by atoms with Gasteiger partial charge >= 0.3 is 5.69 Å². The lowest BCUT2D eigenvalue weighted by Crippen LogP contribution is -2.32. The van der Waals surface area contributed by atoms with E-state index in [-0.39, 0.29) is 17.6 Å². The number of hydrogen-bond acceptors (Lipinski definition) is 2. The van der Waals surface area contributed by atoms with E-state index in [1.807, 2.05) is 72.8 Å². The van der Waals surface area contributed by atoms with E-state index in [0.717, 1.165) is 33.3 Å². The number of benzene rings is 3. The molecule has 5 nitrogen and oxygen atoms in total. The second kappa shape index (κ2) is 7.31. The number of aryl methyl sites for hydroxylation is 1. The largest absolute Gasteiger partial charge is 0.493 e. The normalized spacial score (nSPS) is 14.9. The Morgan fingerprint density at radius 2 is 1.59 bits per heavy atom. The second-order valence-corrected chi connectivity index (χ2v) is 8.36. The molecular formula is C27H23N3O2. The van der Waals surface area contributed by atoms with Crippen LogP contribution < -0.4 is 5.69 Å². The number of aromatic hydroxyl groups is 1. The number of rotatable bonds is 4. The Hall–Kier alpha value is -3.99. The highest BCUT2D eigenvalue weighted by Gasteiger charge is 2.35. The van der Waals surface area contributed by atoms with Crippen LogP contribution in [0.3, 0.4) is 0 Å². The van der Waals surface area contributed by atoms with Gasteiger partial charge in [0.25, 0.3) is 0 Å². The van der Waals surface area contributed by atoms with Gasteiger partial charge in [-0.3, -0.25) is 9.13 Å². The fourth-order valence-corrected chi connectivity index (χ4v) is 5.01. The van der Waals surface area contributed by atoms with Crippen molar-refractivity contribution in [2.45, 2.75) is 25.4 Å². The lowest BCUT2D eigenvalue weighted by molar-refractivity contribution is 0.408. The summed E-state index contributed by atoms with van der Waals surface area (Å²) < 4.78 is 3.29. The molecular weight excluding hydrogens is 398 g/mol. The predicted molar refractivity (Wildman–Crippen MR) is 125 cm³/mol. The van der Waals surface area contributed by atoms with E-state index < -0.39 is 0 Å². The molecule has 0 fully saturated rings. The third-order valence-corrected chi connectivity index (χ3v) is 6.55. The molecule has 5 aromatic rings. The minimum Gasteiger partial charge on any atom is -0.493 e. The van der Waals surface area contributed by atoms with Crippen LogP contribution in [0.5, 0.6) is 5.88 Å². The molecule has 0 radical (unpaired) electrons. The van der Waals surface area contributed by atoms with E-state index in [4.69, 9.17) is 0 Å². The van der Waals surface area contributed by atoms with E-state index in [1.54, 1.807) is 4.57 Å². The zero-order valence-electron chi connectivity index (χ0n) is 17.5. The van der Waals surface area contributed by atoms with Gasteiger partial charge in [-0.2, -0.15) is 0 Å². The van der Waals surface area contributed by atoms with Crippen LogP contribution in [-0.2, 0) is 19.4 Å². The molecule has 6 rings (SSSR count). The maximum atomic E-state index is 13.6. The quantitative estimate of drug-likeness (QED) is 0.436. The molecule has 0 bridgehead atoms. The third kappa shape index (κ3) is 2.82. The van der Waals surface area contributed by atoms with Crippen LogP contribution >= 0.6 is 0 Å². The van der Waals surface area contributed by atoms with Crippen LogP contribution in [0.25, 0.3) is 10.9 Å². The summed E-state index contributed by atoms with van der Waals surface area (Å²) in [6.07, 6.45) is 1.20. The van der Waals surface area contributed by atoms with Gasteiger partial charge in [-0.15, -0.1) is 0 Å². The number of imidazole rings is 1. The number of nitrogens with zero attached hydrogens (tertiary/aromatic N) is 2. The Bertz CT molecular complexity index is 1480. The molecule has 0 aliphatic carbocycles. The van der Waals surface area contributed by atoms with Gasteiger partial charge in [-0.25, -0.2) is 4.79 Å². The molecule has 0 unspecified atom stereocenters. The summed E-state index contributed by atoms with van der Waals surface area (Å²) in [6.45, 7) is 0.435. The number of hydrogen-bond donors (Lipinski definition) is 2. The lowest BCUT2D eigenvalue weighted by atomic mass is 9.93. The Kier molecular flexibility index (Phi) is 4.28. The molecule has 1 aliphatic rings. The van der Waals surface area contributed by atoms with Gasteiger partial charge < -0.3 is 10.1 Å².